The minimum Gasteiger partial charge on any atom is -0.457 e. The number of alkyl halides is 3. The van der Waals surface area contributed by atoms with Gasteiger partial charge in [-0.1, -0.05) is 65.1 Å². The molecule has 1 aromatic carbocycles. The molecule has 0 unspecified atom stereocenters. The van der Waals surface area contributed by atoms with Crippen LogP contribution in [0.25, 0.3) is 0 Å². The molecular formula is C17H20Cl3NO7. The van der Waals surface area contributed by atoms with Crippen LogP contribution in [0, 0.1) is 5.41 Å². The molecule has 1 heterocycles. The summed E-state index contributed by atoms with van der Waals surface area (Å²) in [5, 5.41) is 27.6. The van der Waals surface area contributed by atoms with Gasteiger partial charge in [-0.3, -0.25) is 10.2 Å². The lowest BCUT2D eigenvalue weighted by Crippen LogP contribution is -2.61. The summed E-state index contributed by atoms with van der Waals surface area (Å²) in [6.07, 6.45) is -6.39. The van der Waals surface area contributed by atoms with E-state index < -0.39 is 53.0 Å². The Balaban J connectivity index is 2.27. The van der Waals surface area contributed by atoms with E-state index in [1.54, 1.807) is 12.1 Å². The number of esters is 1. The maximum atomic E-state index is 11.5. The third-order valence-corrected chi connectivity index (χ3v) is 4.39. The number of carbonyl (C=O) groups excluding carboxylic acids is 1. The molecule has 0 aromatic heterocycles. The van der Waals surface area contributed by atoms with Crippen LogP contribution in [0.3, 0.4) is 0 Å². The summed E-state index contributed by atoms with van der Waals surface area (Å²) >= 11 is 16.9. The van der Waals surface area contributed by atoms with Crippen molar-refractivity contribution in [1.82, 2.24) is 0 Å². The summed E-state index contributed by atoms with van der Waals surface area (Å²) in [6, 6.07) is 9.05. The molecule has 5 atom stereocenters. The largest absolute Gasteiger partial charge is 0.457 e. The van der Waals surface area contributed by atoms with Gasteiger partial charge in [0.1, 0.15) is 12.2 Å². The van der Waals surface area contributed by atoms with Crippen LogP contribution in [0.2, 0.25) is 0 Å². The molecule has 1 aromatic rings. The molecule has 0 radical (unpaired) electrons. The van der Waals surface area contributed by atoms with Gasteiger partial charge >= 0.3 is 5.97 Å². The Labute approximate surface area is 176 Å². The zero-order chi connectivity index (χ0) is 20.9. The fourth-order valence-electron chi connectivity index (χ4n) is 2.59. The fourth-order valence-corrected chi connectivity index (χ4v) is 2.72. The maximum absolute atomic E-state index is 11.5. The molecule has 1 saturated heterocycles. The van der Waals surface area contributed by atoms with Crippen molar-refractivity contribution < 1.29 is 34.0 Å². The number of halogens is 3. The monoisotopic (exact) mass is 455 g/mol. The van der Waals surface area contributed by atoms with Crippen LogP contribution in [-0.2, 0) is 30.3 Å². The maximum Gasteiger partial charge on any atom is 0.303 e. The number of carbonyl (C=O) groups is 1. The van der Waals surface area contributed by atoms with E-state index >= 15 is 0 Å². The zero-order valence-electron chi connectivity index (χ0n) is 14.8. The van der Waals surface area contributed by atoms with Crippen molar-refractivity contribution in [2.24, 2.45) is 0 Å². The van der Waals surface area contributed by atoms with Gasteiger partial charge in [0.2, 0.25) is 12.2 Å². The molecular weight excluding hydrogens is 437 g/mol. The summed E-state index contributed by atoms with van der Waals surface area (Å²) < 4.78 is 19.5. The summed E-state index contributed by atoms with van der Waals surface area (Å²) in [4.78, 5) is 11.5. The van der Waals surface area contributed by atoms with Gasteiger partial charge in [0, 0.05) is 6.92 Å². The Kier molecular flexibility index (Phi) is 8.32. The number of aliphatic hydroxyl groups excluding tert-OH is 2. The number of aliphatic hydroxyl groups is 2. The van der Waals surface area contributed by atoms with Crippen LogP contribution in [0.5, 0.6) is 0 Å². The highest BCUT2D eigenvalue weighted by atomic mass is 35.6. The van der Waals surface area contributed by atoms with Gasteiger partial charge in [-0.15, -0.1) is 0 Å². The molecule has 1 fully saturated rings. The Hall–Kier alpha value is -1.13. The van der Waals surface area contributed by atoms with Gasteiger partial charge in [-0.2, -0.15) is 0 Å². The average Bonchev–Trinajstić information content (AvgIpc) is 2.63. The average molecular weight is 457 g/mol. The molecule has 0 aliphatic carbocycles. The van der Waals surface area contributed by atoms with Gasteiger partial charge in [-0.25, -0.2) is 0 Å². The lowest BCUT2D eigenvalue weighted by atomic mass is 9.98. The molecule has 11 heteroatoms. The number of ether oxygens (including phenoxy) is 4. The van der Waals surface area contributed by atoms with Crippen molar-refractivity contribution in [2.45, 2.75) is 48.0 Å². The number of hydrogen-bond donors (Lipinski definition) is 3. The van der Waals surface area contributed by atoms with E-state index in [4.69, 9.17) is 59.2 Å². The predicted octanol–water partition coefficient (Wildman–Crippen LogP) is 1.95. The Morgan fingerprint density at radius 3 is 2.39 bits per heavy atom. The normalized spacial score (nSPS) is 27.9. The first-order valence-electron chi connectivity index (χ1n) is 8.23. The van der Waals surface area contributed by atoms with Crippen molar-refractivity contribution in [3.05, 3.63) is 35.9 Å². The summed E-state index contributed by atoms with van der Waals surface area (Å²) in [6.45, 7) is 0.610. The second kappa shape index (κ2) is 10.1. The van der Waals surface area contributed by atoms with E-state index in [0.717, 1.165) is 12.5 Å². The van der Waals surface area contributed by atoms with Crippen LogP contribution in [0.15, 0.2) is 30.3 Å². The number of rotatable bonds is 6. The third kappa shape index (κ3) is 6.18. The van der Waals surface area contributed by atoms with Gasteiger partial charge in [0.25, 0.3) is 3.79 Å². The third-order valence-electron chi connectivity index (χ3n) is 3.88. The molecule has 0 saturated carbocycles. The van der Waals surface area contributed by atoms with Crippen LogP contribution >= 0.6 is 34.8 Å². The highest BCUT2D eigenvalue weighted by molar-refractivity contribution is 6.76. The smallest absolute Gasteiger partial charge is 0.303 e. The molecule has 156 valence electrons. The van der Waals surface area contributed by atoms with E-state index in [-0.39, 0.29) is 6.61 Å². The molecule has 1 aliphatic rings. The topological polar surface area (TPSA) is 118 Å². The summed E-state index contributed by atoms with van der Waals surface area (Å²) in [5.41, 5.74) is 0.790. The SMILES string of the molecule is CC(=O)O[C@H]1[C@H](O)[C@@H](CO)O[C@@H](OC(=N)C(Cl)(Cl)Cl)[C@@H]1OCc1ccccc1. The lowest BCUT2D eigenvalue weighted by Gasteiger charge is -2.43. The first kappa shape index (κ1) is 23.2. The standard InChI is InChI=1S/C17H20Cl3NO7/c1-9(23)26-13-12(24)11(7-22)27-15(28-16(21)17(18,19)20)14(13)25-8-10-5-3-2-4-6-10/h2-6,11-15,21-22,24H,7-8H2,1H3/t11-,12-,13+,14-,15+/m1/s1. The predicted molar refractivity (Wildman–Crippen MR) is 101 cm³/mol. The molecule has 0 amide bonds. The molecule has 3 N–H and O–H groups in total. The highest BCUT2D eigenvalue weighted by Crippen LogP contribution is 2.32. The van der Waals surface area contributed by atoms with E-state index in [9.17, 15) is 15.0 Å². The fraction of sp³-hybridized carbons (Fsp3) is 0.529. The van der Waals surface area contributed by atoms with Crippen LogP contribution in [0.4, 0.5) is 0 Å². The second-order valence-electron chi connectivity index (χ2n) is 6.00. The van der Waals surface area contributed by atoms with E-state index in [2.05, 4.69) is 0 Å². The van der Waals surface area contributed by atoms with Gasteiger partial charge in [-0.05, 0) is 5.56 Å². The van der Waals surface area contributed by atoms with E-state index in [1.165, 1.54) is 0 Å². The molecule has 0 bridgehead atoms. The van der Waals surface area contributed by atoms with Crippen molar-refractivity contribution in [2.75, 3.05) is 6.61 Å². The lowest BCUT2D eigenvalue weighted by molar-refractivity contribution is -0.296. The number of hydrogen-bond acceptors (Lipinski definition) is 8. The summed E-state index contributed by atoms with van der Waals surface area (Å²) in [5.74, 6) is -1.45. The molecule has 2 rings (SSSR count). The van der Waals surface area contributed by atoms with Gasteiger partial charge in [0.05, 0.1) is 13.2 Å². The Morgan fingerprint density at radius 1 is 1.21 bits per heavy atom. The molecule has 0 spiro atoms. The Morgan fingerprint density at radius 2 is 1.86 bits per heavy atom. The zero-order valence-corrected chi connectivity index (χ0v) is 17.0. The highest BCUT2D eigenvalue weighted by Gasteiger charge is 2.50. The molecule has 28 heavy (non-hydrogen) atoms. The van der Waals surface area contributed by atoms with E-state index in [1.807, 2.05) is 18.2 Å². The first-order valence-corrected chi connectivity index (χ1v) is 9.36. The molecule has 1 aliphatic heterocycles. The molecule has 8 nitrogen and oxygen atoms in total. The minimum absolute atomic E-state index is 0.0596. The van der Waals surface area contributed by atoms with E-state index in [0.29, 0.717) is 0 Å². The van der Waals surface area contributed by atoms with Crippen molar-refractivity contribution >= 4 is 46.7 Å². The Bertz CT molecular complexity index is 670. The summed E-state index contributed by atoms with van der Waals surface area (Å²) in [7, 11) is 0. The van der Waals surface area contributed by atoms with Crippen LogP contribution in [-0.4, -0.2) is 63.2 Å². The van der Waals surface area contributed by atoms with Crippen molar-refractivity contribution in [3.8, 4) is 0 Å². The van der Waals surface area contributed by atoms with Crippen molar-refractivity contribution in [3.63, 3.8) is 0 Å². The second-order valence-corrected chi connectivity index (χ2v) is 8.28. The number of nitrogens with one attached hydrogen (secondary N) is 1. The number of benzene rings is 1. The van der Waals surface area contributed by atoms with Gasteiger partial charge < -0.3 is 29.2 Å². The minimum atomic E-state index is -2.17. The van der Waals surface area contributed by atoms with Gasteiger partial charge in [0.15, 0.2) is 12.2 Å². The van der Waals surface area contributed by atoms with Crippen LogP contribution < -0.4 is 0 Å². The van der Waals surface area contributed by atoms with Crippen LogP contribution in [0.1, 0.15) is 12.5 Å². The quantitative estimate of drug-likeness (QED) is 0.259. The van der Waals surface area contributed by atoms with Crippen molar-refractivity contribution in [1.29, 1.82) is 5.41 Å². The first-order chi connectivity index (χ1) is 13.1.